The molecule has 4 rings (SSSR count). The van der Waals surface area contributed by atoms with Crippen molar-refractivity contribution in [3.63, 3.8) is 0 Å². The van der Waals surface area contributed by atoms with Crippen LogP contribution < -0.4 is 4.72 Å². The Balaban J connectivity index is 1.64. The van der Waals surface area contributed by atoms with Gasteiger partial charge in [0.1, 0.15) is 17.8 Å². The molecule has 156 valence electrons. The topological polar surface area (TPSA) is 70.7 Å². The van der Waals surface area contributed by atoms with E-state index in [0.29, 0.717) is 22.6 Å². The summed E-state index contributed by atoms with van der Waals surface area (Å²) in [6.07, 6.45) is 6.99. The Morgan fingerprint density at radius 1 is 1.27 bits per heavy atom. The van der Waals surface area contributed by atoms with Gasteiger partial charge in [0.05, 0.1) is 27.9 Å². The summed E-state index contributed by atoms with van der Waals surface area (Å²) in [4.78, 5) is 24.1. The van der Waals surface area contributed by atoms with Crippen molar-refractivity contribution < 1.29 is 13.6 Å². The molecule has 0 spiro atoms. The molecule has 0 saturated heterocycles. The van der Waals surface area contributed by atoms with E-state index in [4.69, 9.17) is 0 Å². The monoisotopic (exact) mass is 428 g/mol. The number of benzene rings is 1. The number of hydrogen-bond acceptors (Lipinski definition) is 5. The molecule has 0 aliphatic heterocycles. The van der Waals surface area contributed by atoms with Crippen molar-refractivity contribution in [1.29, 1.82) is 0 Å². The van der Waals surface area contributed by atoms with E-state index < -0.39 is 23.0 Å². The van der Waals surface area contributed by atoms with Gasteiger partial charge in [0.2, 0.25) is 5.78 Å². The molecule has 2 heterocycles. The van der Waals surface area contributed by atoms with Gasteiger partial charge in [-0.15, -0.1) is 0 Å². The molecule has 0 saturated carbocycles. The maximum absolute atomic E-state index is 15.2. The smallest absolute Gasteiger partial charge is 0.201 e. The van der Waals surface area contributed by atoms with Crippen molar-refractivity contribution in [2.75, 3.05) is 4.72 Å². The van der Waals surface area contributed by atoms with Crippen LogP contribution in [0.1, 0.15) is 48.3 Å². The van der Waals surface area contributed by atoms with E-state index in [-0.39, 0.29) is 16.5 Å². The van der Waals surface area contributed by atoms with Gasteiger partial charge in [0.25, 0.3) is 0 Å². The number of nitrogens with one attached hydrogen (secondary N) is 2. The highest BCUT2D eigenvalue weighted by molar-refractivity contribution is 8.01. The minimum absolute atomic E-state index is 0.0850. The molecule has 2 atom stereocenters. The Hall–Kier alpha value is -2.74. The van der Waals surface area contributed by atoms with Crippen molar-refractivity contribution in [3.8, 4) is 0 Å². The zero-order valence-electron chi connectivity index (χ0n) is 16.9. The summed E-state index contributed by atoms with van der Waals surface area (Å²) in [6, 6.07) is 2.43. The lowest BCUT2D eigenvalue weighted by Gasteiger charge is -2.24. The molecule has 8 heteroatoms. The van der Waals surface area contributed by atoms with Gasteiger partial charge in [0, 0.05) is 11.4 Å². The first-order chi connectivity index (χ1) is 14.3. The van der Waals surface area contributed by atoms with Crippen LogP contribution in [0.25, 0.3) is 11.0 Å². The second-order valence-electron chi connectivity index (χ2n) is 7.81. The molecule has 30 heavy (non-hydrogen) atoms. The van der Waals surface area contributed by atoms with Crippen molar-refractivity contribution >= 4 is 34.5 Å². The van der Waals surface area contributed by atoms with E-state index in [2.05, 4.69) is 39.6 Å². The molecular weight excluding hydrogens is 406 g/mol. The fourth-order valence-corrected chi connectivity index (χ4v) is 5.14. The summed E-state index contributed by atoms with van der Waals surface area (Å²) in [5.74, 6) is -2.00. The van der Waals surface area contributed by atoms with E-state index in [1.54, 1.807) is 6.92 Å². The van der Waals surface area contributed by atoms with E-state index >= 15 is 4.39 Å². The average Bonchev–Trinajstić information content (AvgIpc) is 3.12. The van der Waals surface area contributed by atoms with Gasteiger partial charge in [-0.3, -0.25) is 4.79 Å². The molecule has 0 bridgehead atoms. The Kier molecular flexibility index (Phi) is 5.60. The first-order valence-electron chi connectivity index (χ1n) is 9.75. The number of ketones is 1. The number of aryl methyl sites for hydroxylation is 1. The van der Waals surface area contributed by atoms with Crippen molar-refractivity contribution in [1.82, 2.24) is 15.0 Å². The first kappa shape index (κ1) is 20.5. The number of allylic oxidation sites excluding steroid dienone is 1. The number of halogens is 2. The van der Waals surface area contributed by atoms with Gasteiger partial charge in [-0.1, -0.05) is 18.6 Å². The molecule has 0 radical (unpaired) electrons. The summed E-state index contributed by atoms with van der Waals surface area (Å²) in [7, 11) is 0. The highest BCUT2D eigenvalue weighted by Crippen LogP contribution is 2.33. The first-order valence-corrected chi connectivity index (χ1v) is 10.6. The van der Waals surface area contributed by atoms with Gasteiger partial charge >= 0.3 is 0 Å². The third-order valence-corrected chi connectivity index (χ3v) is 6.29. The van der Waals surface area contributed by atoms with Gasteiger partial charge < -0.3 is 9.71 Å². The second-order valence-corrected chi connectivity index (χ2v) is 8.86. The number of nitrogens with zero attached hydrogens (tertiary/aromatic N) is 2. The molecule has 0 fully saturated rings. The lowest BCUT2D eigenvalue weighted by Crippen LogP contribution is -2.15. The number of aromatic nitrogens is 3. The predicted octanol–water partition coefficient (Wildman–Crippen LogP) is 5.58. The Bertz CT molecular complexity index is 1160. The van der Waals surface area contributed by atoms with Gasteiger partial charge in [-0.05, 0) is 56.7 Å². The van der Waals surface area contributed by atoms with Crippen LogP contribution >= 0.6 is 11.9 Å². The highest BCUT2D eigenvalue weighted by Gasteiger charge is 2.26. The molecule has 2 N–H and O–H groups in total. The molecule has 1 aliphatic carbocycles. The van der Waals surface area contributed by atoms with Crippen LogP contribution in [0.15, 0.2) is 36.3 Å². The quantitative estimate of drug-likeness (QED) is 0.315. The molecule has 3 aromatic rings. The van der Waals surface area contributed by atoms with E-state index in [9.17, 15) is 9.18 Å². The van der Waals surface area contributed by atoms with Crippen LogP contribution in [0.3, 0.4) is 0 Å². The van der Waals surface area contributed by atoms with Crippen LogP contribution in [-0.4, -0.2) is 26.0 Å². The molecule has 0 amide bonds. The zero-order valence-corrected chi connectivity index (χ0v) is 17.7. The average molecular weight is 429 g/mol. The van der Waals surface area contributed by atoms with E-state index in [1.807, 2.05) is 0 Å². The largest absolute Gasteiger partial charge is 0.345 e. The third kappa shape index (κ3) is 3.84. The Morgan fingerprint density at radius 3 is 2.83 bits per heavy atom. The van der Waals surface area contributed by atoms with Crippen molar-refractivity contribution in [2.45, 2.75) is 38.9 Å². The van der Waals surface area contributed by atoms with Gasteiger partial charge in [-0.25, -0.2) is 18.7 Å². The summed E-state index contributed by atoms with van der Waals surface area (Å²) < 4.78 is 32.7. The maximum Gasteiger partial charge on any atom is 0.201 e. The van der Waals surface area contributed by atoms with Crippen LogP contribution in [0.5, 0.6) is 0 Å². The molecule has 1 aromatic carbocycles. The summed E-state index contributed by atoms with van der Waals surface area (Å²) >= 11 is 1.37. The van der Waals surface area contributed by atoms with Gasteiger partial charge in [-0.2, -0.15) is 0 Å². The Morgan fingerprint density at radius 2 is 2.07 bits per heavy atom. The molecule has 2 aromatic heterocycles. The predicted molar refractivity (Wildman–Crippen MR) is 116 cm³/mol. The Labute approximate surface area is 177 Å². The lowest BCUT2D eigenvalue weighted by molar-refractivity contribution is 0.103. The lowest BCUT2D eigenvalue weighted by atomic mass is 9.91. The standard InChI is InChI=1S/C22H22F2N4OS/c1-11-6-12(2)8-14(7-11)30-28-17-5-4-16(23)19(20(17)24)21(29)15-9-25-22-18(15)13(3)26-10-27-22/h4-5,7,9-10,12,14,28H,6,8H2,1-3H3,(H,25,26,27). The summed E-state index contributed by atoms with van der Waals surface area (Å²) in [5, 5.41) is 0.650. The number of hydrogen-bond donors (Lipinski definition) is 2. The number of carbonyl (C=O) groups is 1. The van der Waals surface area contributed by atoms with Crippen LogP contribution in [-0.2, 0) is 0 Å². The van der Waals surface area contributed by atoms with Crippen molar-refractivity contribution in [2.24, 2.45) is 5.92 Å². The normalized spacial score (nSPS) is 19.0. The fourth-order valence-electron chi connectivity index (χ4n) is 3.98. The molecular formula is C22H22F2N4OS. The number of H-pyrrole nitrogens is 1. The third-order valence-electron chi connectivity index (χ3n) is 5.32. The van der Waals surface area contributed by atoms with Gasteiger partial charge in [0.15, 0.2) is 5.82 Å². The number of fused-ring (bicyclic) bond motifs is 1. The number of aromatic amines is 1. The van der Waals surface area contributed by atoms with E-state index in [1.165, 1.54) is 36.1 Å². The highest BCUT2D eigenvalue weighted by atomic mass is 32.2. The van der Waals surface area contributed by atoms with E-state index in [0.717, 1.165) is 18.9 Å². The SMILES string of the molecule is CC1=CC(SNc2ccc(F)c(C(=O)c3c[nH]c4ncnc(C)c34)c2F)CC(C)C1. The molecule has 2 unspecified atom stereocenters. The minimum Gasteiger partial charge on any atom is -0.345 e. The zero-order chi connectivity index (χ0) is 21.4. The number of rotatable bonds is 5. The molecule has 5 nitrogen and oxygen atoms in total. The fraction of sp³-hybridized carbons (Fsp3) is 0.318. The summed E-state index contributed by atoms with van der Waals surface area (Å²) in [6.45, 7) is 5.99. The van der Waals surface area contributed by atoms with Crippen molar-refractivity contribution in [3.05, 3.63) is 64.8 Å². The molecule has 1 aliphatic rings. The van der Waals surface area contributed by atoms with Crippen LogP contribution in [0.2, 0.25) is 0 Å². The maximum atomic E-state index is 15.2. The minimum atomic E-state index is -0.904. The number of anilines is 1. The van der Waals surface area contributed by atoms with Crippen LogP contribution in [0.4, 0.5) is 14.5 Å². The summed E-state index contributed by atoms with van der Waals surface area (Å²) in [5.41, 5.74) is 1.95. The second kappa shape index (κ2) is 8.18. The van der Waals surface area contributed by atoms with Crippen LogP contribution in [0, 0.1) is 24.5 Å². The number of carbonyl (C=O) groups excluding carboxylic acids is 1.